The maximum absolute atomic E-state index is 9.45. The van der Waals surface area contributed by atoms with E-state index in [0.29, 0.717) is 0 Å². The van der Waals surface area contributed by atoms with Crippen LogP contribution in [0.15, 0.2) is 20.3 Å². The second-order valence-electron chi connectivity index (χ2n) is 5.17. The molecular formula is C15H28O3Sn. The summed E-state index contributed by atoms with van der Waals surface area (Å²) in [5.74, 6) is -0.833. The molecular weight excluding hydrogens is 347 g/mol. The summed E-state index contributed by atoms with van der Waals surface area (Å²) in [4.78, 5) is 9.00. The van der Waals surface area contributed by atoms with Crippen molar-refractivity contribution in [3.8, 4) is 0 Å². The van der Waals surface area contributed by atoms with Gasteiger partial charge in [0.05, 0.1) is 0 Å². The molecule has 110 valence electrons. The van der Waals surface area contributed by atoms with Crippen LogP contribution in [0.4, 0.5) is 0 Å². The average molecular weight is 375 g/mol. The van der Waals surface area contributed by atoms with Gasteiger partial charge in [-0.15, -0.1) is 0 Å². The predicted octanol–water partition coefficient (Wildman–Crippen LogP) is 3.69. The third-order valence-corrected chi connectivity index (χ3v) is 15.5. The number of aliphatic carboxylic acids is 1. The Bertz CT molecular complexity index is 283. The molecule has 19 heavy (non-hydrogen) atoms. The molecule has 0 unspecified atom stereocenters. The third-order valence-electron chi connectivity index (χ3n) is 3.24. The zero-order chi connectivity index (χ0) is 14.7. The Balaban J connectivity index is 0.000000711. The van der Waals surface area contributed by atoms with Crippen LogP contribution in [-0.2, 0) is 4.79 Å². The van der Waals surface area contributed by atoms with Crippen LogP contribution in [0.5, 0.6) is 0 Å². The fourth-order valence-corrected chi connectivity index (χ4v) is 14.2. The van der Waals surface area contributed by atoms with Crippen LogP contribution in [0.2, 0.25) is 8.87 Å². The number of carbonyl (C=O) groups is 1. The number of aliphatic hydroxyl groups excluding tert-OH is 1. The summed E-state index contributed by atoms with van der Waals surface area (Å²) in [6.07, 6.45) is 9.08. The summed E-state index contributed by atoms with van der Waals surface area (Å²) in [6.45, 7) is 5.62. The molecule has 1 rings (SSSR count). The van der Waals surface area contributed by atoms with E-state index in [0.717, 1.165) is 6.92 Å². The number of rotatable bonds is 6. The van der Waals surface area contributed by atoms with E-state index in [1.807, 2.05) is 12.2 Å². The minimum absolute atomic E-state index is 0.307. The molecule has 3 nitrogen and oxygen atoms in total. The molecule has 0 saturated heterocycles. The van der Waals surface area contributed by atoms with E-state index in [-0.39, 0.29) is 6.10 Å². The summed E-state index contributed by atoms with van der Waals surface area (Å²) in [6, 6.07) is 0. The molecule has 1 aliphatic rings. The van der Waals surface area contributed by atoms with Crippen LogP contribution >= 0.6 is 0 Å². The summed E-state index contributed by atoms with van der Waals surface area (Å²) < 4.78 is 7.74. The fourth-order valence-electron chi connectivity index (χ4n) is 2.17. The molecule has 0 fully saturated rings. The second kappa shape index (κ2) is 10.5. The number of hydrogen-bond donors (Lipinski definition) is 2. The first kappa shape index (κ1) is 18.7. The number of carboxylic acid groups (broad SMARTS) is 1. The minimum atomic E-state index is -2.07. The quantitative estimate of drug-likeness (QED) is 0.697. The molecule has 0 aromatic carbocycles. The Morgan fingerprint density at radius 3 is 1.79 bits per heavy atom. The third kappa shape index (κ3) is 9.27. The number of aliphatic hydroxyl groups is 1. The first-order valence-electron chi connectivity index (χ1n) is 7.22. The normalized spacial score (nSPS) is 16.8. The molecule has 0 aromatic rings. The Kier molecular flexibility index (Phi) is 10.3. The standard InChI is InChI=1S/C5H6O.2C4H9.C2H4O2.Sn/c1-3-5(6)4-2;2*1-3-4-2;1-2(3)4;/h1-6H;2*1,3-4H2,2H3;1H3,(H,3,4);. The van der Waals surface area contributed by atoms with Crippen molar-refractivity contribution in [3.05, 3.63) is 20.3 Å². The van der Waals surface area contributed by atoms with Crippen LogP contribution in [-0.4, -0.2) is 40.7 Å². The molecule has 0 radical (unpaired) electrons. The molecule has 0 bridgehead atoms. The topological polar surface area (TPSA) is 57.5 Å². The first-order chi connectivity index (χ1) is 8.95. The van der Waals surface area contributed by atoms with E-state index in [2.05, 4.69) is 22.0 Å². The van der Waals surface area contributed by atoms with Gasteiger partial charge in [-0.3, -0.25) is 4.79 Å². The van der Waals surface area contributed by atoms with Crippen LogP contribution in [0.3, 0.4) is 0 Å². The van der Waals surface area contributed by atoms with Gasteiger partial charge in [0.25, 0.3) is 5.97 Å². The molecule has 0 spiro atoms. The maximum atomic E-state index is 9.45. The van der Waals surface area contributed by atoms with Crippen molar-refractivity contribution in [1.82, 2.24) is 0 Å². The number of hydrogen-bond acceptors (Lipinski definition) is 2. The molecule has 1 aliphatic heterocycles. The summed E-state index contributed by atoms with van der Waals surface area (Å²) >= 11 is -2.07. The average Bonchev–Trinajstić information content (AvgIpc) is 2.36. The van der Waals surface area contributed by atoms with Gasteiger partial charge in [-0.25, -0.2) is 0 Å². The summed E-state index contributed by atoms with van der Waals surface area (Å²) in [5, 5.41) is 16.9. The number of carboxylic acids is 1. The van der Waals surface area contributed by atoms with Gasteiger partial charge < -0.3 is 5.11 Å². The molecule has 0 aliphatic carbocycles. The Labute approximate surface area is 121 Å². The van der Waals surface area contributed by atoms with Crippen molar-refractivity contribution < 1.29 is 15.0 Å². The van der Waals surface area contributed by atoms with E-state index in [4.69, 9.17) is 9.90 Å². The fraction of sp³-hybridized carbons (Fsp3) is 0.667. The van der Waals surface area contributed by atoms with Crippen LogP contribution in [0.1, 0.15) is 46.5 Å². The van der Waals surface area contributed by atoms with Crippen molar-refractivity contribution in [2.24, 2.45) is 0 Å². The molecule has 1 heterocycles. The van der Waals surface area contributed by atoms with Gasteiger partial charge in [-0.2, -0.15) is 0 Å². The van der Waals surface area contributed by atoms with Crippen molar-refractivity contribution in [3.63, 3.8) is 0 Å². The van der Waals surface area contributed by atoms with E-state index in [1.165, 1.54) is 34.6 Å². The van der Waals surface area contributed by atoms with Crippen LogP contribution in [0.25, 0.3) is 0 Å². The Hall–Kier alpha value is -0.291. The zero-order valence-corrected chi connectivity index (χ0v) is 15.3. The molecule has 2 N–H and O–H groups in total. The van der Waals surface area contributed by atoms with Crippen molar-refractivity contribution in [2.45, 2.75) is 61.4 Å². The monoisotopic (exact) mass is 376 g/mol. The van der Waals surface area contributed by atoms with Gasteiger partial charge in [0.2, 0.25) is 0 Å². The molecule has 0 atom stereocenters. The van der Waals surface area contributed by atoms with E-state index < -0.39 is 24.3 Å². The van der Waals surface area contributed by atoms with Crippen LogP contribution in [0, 0.1) is 0 Å². The van der Waals surface area contributed by atoms with Crippen molar-refractivity contribution in [1.29, 1.82) is 0 Å². The van der Waals surface area contributed by atoms with E-state index in [1.54, 1.807) is 0 Å². The van der Waals surface area contributed by atoms with Gasteiger partial charge in [-0.05, 0) is 0 Å². The SMILES string of the molecule is CC(=O)O.CCC[CH2][Sn]1([CH2]CCC)[CH]=CC(O)C=[CH]1. The Morgan fingerprint density at radius 2 is 1.47 bits per heavy atom. The van der Waals surface area contributed by atoms with Crippen molar-refractivity contribution in [2.75, 3.05) is 0 Å². The zero-order valence-electron chi connectivity index (χ0n) is 12.4. The van der Waals surface area contributed by atoms with E-state index >= 15 is 0 Å². The molecule has 0 aromatic heterocycles. The van der Waals surface area contributed by atoms with Gasteiger partial charge in [-0.1, -0.05) is 0 Å². The van der Waals surface area contributed by atoms with Gasteiger partial charge in [0.1, 0.15) is 0 Å². The van der Waals surface area contributed by atoms with E-state index in [9.17, 15) is 5.11 Å². The molecule has 4 heteroatoms. The summed E-state index contributed by atoms with van der Waals surface area (Å²) in [7, 11) is 0. The second-order valence-corrected chi connectivity index (χ2v) is 17.0. The number of unbranched alkanes of at least 4 members (excludes halogenated alkanes) is 2. The predicted molar refractivity (Wildman–Crippen MR) is 82.8 cm³/mol. The Morgan fingerprint density at radius 1 is 1.11 bits per heavy atom. The molecule has 0 amide bonds. The van der Waals surface area contributed by atoms with Crippen molar-refractivity contribution >= 4 is 24.3 Å². The van der Waals surface area contributed by atoms with Gasteiger partial charge in [0.15, 0.2) is 0 Å². The first-order valence-corrected chi connectivity index (χ1v) is 14.5. The van der Waals surface area contributed by atoms with Gasteiger partial charge in [0, 0.05) is 6.92 Å². The summed E-state index contributed by atoms with van der Waals surface area (Å²) in [5.41, 5.74) is 0. The van der Waals surface area contributed by atoms with Crippen LogP contribution < -0.4 is 0 Å². The molecule has 0 saturated carbocycles. The van der Waals surface area contributed by atoms with Gasteiger partial charge >= 0.3 is 98.3 Å².